The van der Waals surface area contributed by atoms with Gasteiger partial charge in [0.25, 0.3) is 0 Å². The molecule has 0 rings (SSSR count). The molecule has 0 aromatic carbocycles. The van der Waals surface area contributed by atoms with Crippen molar-refractivity contribution in [2.75, 3.05) is 52.9 Å². The first kappa shape index (κ1) is 34.0. The van der Waals surface area contributed by atoms with Crippen LogP contribution in [0.4, 0.5) is 0 Å². The molecule has 5 N–H and O–H groups in total. The van der Waals surface area contributed by atoms with Gasteiger partial charge in [-0.2, -0.15) is 0 Å². The van der Waals surface area contributed by atoms with Gasteiger partial charge in [-0.25, -0.2) is 14.4 Å². The molecule has 0 aliphatic rings. The van der Waals surface area contributed by atoms with E-state index in [1.807, 2.05) is 0 Å². The van der Waals surface area contributed by atoms with E-state index in [0.29, 0.717) is 39.6 Å². The summed E-state index contributed by atoms with van der Waals surface area (Å²) in [6.45, 7) is 13.3. The second-order valence-corrected chi connectivity index (χ2v) is 4.45. The largest absolute Gasteiger partial charge is 0.478 e. The zero-order valence-corrected chi connectivity index (χ0v) is 16.6. The van der Waals surface area contributed by atoms with Crippen LogP contribution in [0.2, 0.25) is 0 Å². The molecule has 11 heteroatoms. The average Bonchev–Trinajstić information content (AvgIpc) is 2.68. The summed E-state index contributed by atoms with van der Waals surface area (Å²) in [5.74, 6) is -2.90. The van der Waals surface area contributed by atoms with Gasteiger partial charge in [-0.3, -0.25) is 0 Å². The maximum atomic E-state index is 9.60. The van der Waals surface area contributed by atoms with Crippen LogP contribution < -0.4 is 0 Å². The van der Waals surface area contributed by atoms with Crippen LogP contribution in [0, 0.1) is 0 Å². The van der Waals surface area contributed by atoms with Crippen molar-refractivity contribution in [3.8, 4) is 0 Å². The molecule has 0 aliphatic carbocycles. The Morgan fingerprint density at radius 2 is 0.931 bits per heavy atom. The lowest BCUT2D eigenvalue weighted by molar-refractivity contribution is -0.133. The summed E-state index contributed by atoms with van der Waals surface area (Å²) in [7, 11) is 0. The molecule has 0 heterocycles. The summed E-state index contributed by atoms with van der Waals surface area (Å²) < 4.78 is 15.0. The molecule has 0 radical (unpaired) electrons. The Balaban J connectivity index is -0.000000163. The smallest absolute Gasteiger partial charge is 0.330 e. The maximum absolute atomic E-state index is 9.60. The minimum absolute atomic E-state index is 0.0413. The molecular weight excluding hydrogens is 392 g/mol. The fraction of sp³-hybridized carbons (Fsp3) is 0.500. The summed E-state index contributed by atoms with van der Waals surface area (Å²) in [5, 5.41) is 39.8. The normalized spacial score (nSPS) is 8.52. The minimum Gasteiger partial charge on any atom is -0.478 e. The van der Waals surface area contributed by atoms with Gasteiger partial charge in [-0.1, -0.05) is 19.7 Å². The second kappa shape index (κ2) is 30.2. The molecule has 0 bridgehead atoms. The lowest BCUT2D eigenvalue weighted by Gasteiger charge is -2.04. The predicted octanol–water partition coefficient (Wildman–Crippen LogP) is 0.182. The maximum Gasteiger partial charge on any atom is 0.330 e. The van der Waals surface area contributed by atoms with Crippen LogP contribution in [0.1, 0.15) is 6.92 Å². The first-order valence-corrected chi connectivity index (χ1v) is 8.15. The highest BCUT2D eigenvalue weighted by Gasteiger charge is 1.90. The van der Waals surface area contributed by atoms with Crippen LogP contribution in [0.25, 0.3) is 0 Å². The molecule has 0 aromatic heterocycles. The molecule has 0 spiro atoms. The monoisotopic (exact) mass is 424 g/mol. The van der Waals surface area contributed by atoms with Gasteiger partial charge in [0.2, 0.25) is 0 Å². The van der Waals surface area contributed by atoms with E-state index in [2.05, 4.69) is 19.7 Å². The second-order valence-electron chi connectivity index (χ2n) is 4.45. The third kappa shape index (κ3) is 58.6. The Morgan fingerprint density at radius 1 is 0.724 bits per heavy atom. The molecule has 0 saturated heterocycles. The van der Waals surface area contributed by atoms with Crippen molar-refractivity contribution in [1.29, 1.82) is 0 Å². The fourth-order valence-electron chi connectivity index (χ4n) is 0.671. The third-order valence-electron chi connectivity index (χ3n) is 1.93. The van der Waals surface area contributed by atoms with Crippen molar-refractivity contribution < 1.29 is 54.1 Å². The van der Waals surface area contributed by atoms with Gasteiger partial charge in [-0.15, -0.1) is 0 Å². The molecule has 170 valence electrons. The Kier molecular flexibility index (Phi) is 35.3. The number of ether oxygens (including phenoxy) is 3. The SMILES string of the molecule is C=C(C)C(=O)O.C=CC(=O)O.C=CC(=O)O.OCCOCCOCCOCCO. The number of carboxylic acids is 3. The summed E-state index contributed by atoms with van der Waals surface area (Å²) >= 11 is 0. The van der Waals surface area contributed by atoms with E-state index in [9.17, 15) is 14.4 Å². The zero-order chi connectivity index (χ0) is 23.5. The van der Waals surface area contributed by atoms with E-state index in [-0.39, 0.29) is 18.8 Å². The van der Waals surface area contributed by atoms with Gasteiger partial charge in [0.05, 0.1) is 52.9 Å². The summed E-state index contributed by atoms with van der Waals surface area (Å²) in [6, 6.07) is 0. The molecule has 0 atom stereocenters. The number of rotatable bonds is 13. The van der Waals surface area contributed by atoms with Crippen molar-refractivity contribution in [2.24, 2.45) is 0 Å². The number of aliphatic hydroxyl groups excluding tert-OH is 2. The quantitative estimate of drug-likeness (QED) is 0.201. The van der Waals surface area contributed by atoms with Gasteiger partial charge >= 0.3 is 17.9 Å². The highest BCUT2D eigenvalue weighted by molar-refractivity contribution is 5.84. The molecule has 0 fully saturated rings. The molecule has 0 unspecified atom stereocenters. The van der Waals surface area contributed by atoms with Gasteiger partial charge < -0.3 is 39.7 Å². The van der Waals surface area contributed by atoms with Gasteiger partial charge in [0, 0.05) is 17.7 Å². The van der Waals surface area contributed by atoms with E-state index in [1.54, 1.807) is 0 Å². The van der Waals surface area contributed by atoms with Crippen LogP contribution in [-0.2, 0) is 28.6 Å². The molecule has 11 nitrogen and oxygen atoms in total. The summed E-state index contributed by atoms with van der Waals surface area (Å²) in [6.07, 6.45) is 1.67. The van der Waals surface area contributed by atoms with Crippen LogP contribution in [-0.4, -0.2) is 96.3 Å². The molecule has 0 saturated carbocycles. The first-order valence-electron chi connectivity index (χ1n) is 8.15. The van der Waals surface area contributed by atoms with Gasteiger partial charge in [0.15, 0.2) is 0 Å². The number of hydrogen-bond acceptors (Lipinski definition) is 8. The van der Waals surface area contributed by atoms with Crippen molar-refractivity contribution in [3.05, 3.63) is 37.5 Å². The highest BCUT2D eigenvalue weighted by Crippen LogP contribution is 1.81. The number of aliphatic hydroxyl groups is 2. The van der Waals surface area contributed by atoms with Crippen molar-refractivity contribution in [1.82, 2.24) is 0 Å². The van der Waals surface area contributed by atoms with E-state index in [4.69, 9.17) is 39.7 Å². The average molecular weight is 424 g/mol. The topological polar surface area (TPSA) is 180 Å². The number of aliphatic carboxylic acids is 3. The molecule has 29 heavy (non-hydrogen) atoms. The minimum atomic E-state index is -0.981. The Bertz CT molecular complexity index is 407. The van der Waals surface area contributed by atoms with E-state index in [1.165, 1.54) is 6.92 Å². The predicted molar refractivity (Wildman–Crippen MR) is 105 cm³/mol. The van der Waals surface area contributed by atoms with E-state index >= 15 is 0 Å². The van der Waals surface area contributed by atoms with Gasteiger partial charge in [0.1, 0.15) is 0 Å². The number of hydrogen-bond donors (Lipinski definition) is 5. The number of carbonyl (C=O) groups is 3. The van der Waals surface area contributed by atoms with Crippen molar-refractivity contribution >= 4 is 17.9 Å². The van der Waals surface area contributed by atoms with E-state index in [0.717, 1.165) is 12.2 Å². The van der Waals surface area contributed by atoms with Crippen molar-refractivity contribution in [2.45, 2.75) is 6.92 Å². The number of carboxylic acid groups (broad SMARTS) is 3. The van der Waals surface area contributed by atoms with Crippen molar-refractivity contribution in [3.63, 3.8) is 0 Å². The van der Waals surface area contributed by atoms with Crippen LogP contribution in [0.3, 0.4) is 0 Å². The molecule has 0 aromatic rings. The van der Waals surface area contributed by atoms with Crippen LogP contribution >= 0.6 is 0 Å². The Labute approximate surface area is 170 Å². The lowest BCUT2D eigenvalue weighted by atomic mass is 10.4. The highest BCUT2D eigenvalue weighted by atomic mass is 16.5. The zero-order valence-electron chi connectivity index (χ0n) is 16.6. The first-order chi connectivity index (χ1) is 13.6. The summed E-state index contributed by atoms with van der Waals surface area (Å²) in [5.41, 5.74) is 0.176. The fourth-order valence-corrected chi connectivity index (χ4v) is 0.671. The molecule has 0 aliphatic heterocycles. The Morgan fingerprint density at radius 3 is 1.07 bits per heavy atom. The van der Waals surface area contributed by atoms with E-state index < -0.39 is 17.9 Å². The van der Waals surface area contributed by atoms with Crippen LogP contribution in [0.5, 0.6) is 0 Å². The lowest BCUT2D eigenvalue weighted by Crippen LogP contribution is -2.11. The molecule has 0 amide bonds. The summed E-state index contributed by atoms with van der Waals surface area (Å²) in [4.78, 5) is 28.1. The van der Waals surface area contributed by atoms with Crippen LogP contribution in [0.15, 0.2) is 37.5 Å². The Hall–Kier alpha value is -2.57. The van der Waals surface area contributed by atoms with Gasteiger partial charge in [-0.05, 0) is 6.92 Å². The molecular formula is C18H32O11. The standard InChI is InChI=1S/C8H18O5.C4H6O2.2C3H4O2/c9-1-3-11-5-7-13-8-6-12-4-2-10;1-3(2)4(5)6;2*1-2-3(4)5/h9-10H,1-8H2;1H2,2H3,(H,5,6);2*2H,1H2,(H,4,5). The third-order valence-corrected chi connectivity index (χ3v) is 1.93.